The largest absolute Gasteiger partial charge is 0.309 e. The van der Waals surface area contributed by atoms with Crippen LogP contribution in [0.2, 0.25) is 0 Å². The first-order valence-electron chi connectivity index (χ1n) is 30.4. The summed E-state index contributed by atoms with van der Waals surface area (Å²) < 4.78 is 4.78. The number of nitrogens with zero attached hydrogens (tertiary/aromatic N) is 5. The van der Waals surface area contributed by atoms with Gasteiger partial charge < -0.3 is 4.57 Å². The van der Waals surface area contributed by atoms with Crippen LogP contribution in [0.1, 0.15) is 74.9 Å². The topological polar surface area (TPSA) is 48.5 Å². The summed E-state index contributed by atoms with van der Waals surface area (Å²) >= 11 is 0. The Hall–Kier alpha value is -10.5. The fourth-order valence-corrected chi connectivity index (χ4v) is 14.7. The summed E-state index contributed by atoms with van der Waals surface area (Å²) in [5.41, 5.74) is 24.0. The minimum Gasteiger partial charge on any atom is -0.309 e. The average Bonchev–Trinajstić information content (AvgIpc) is 1.50. The number of aromatic nitrogens is 5. The summed E-state index contributed by atoms with van der Waals surface area (Å²) in [6.45, 7) is 13.8. The zero-order valence-electron chi connectivity index (χ0n) is 49.6. The molecule has 1 spiro atoms. The van der Waals surface area contributed by atoms with Crippen LogP contribution in [0.25, 0.3) is 133 Å². The predicted octanol–water partition coefficient (Wildman–Crippen LogP) is 20.8. The van der Waals surface area contributed by atoms with Gasteiger partial charge in [-0.05, 0) is 142 Å². The maximum Gasteiger partial charge on any atom is 0.238 e. The van der Waals surface area contributed by atoms with E-state index in [2.05, 4.69) is 312 Å². The first-order valence-corrected chi connectivity index (χ1v) is 30.4. The molecule has 2 aliphatic rings. The van der Waals surface area contributed by atoms with Crippen LogP contribution in [0.3, 0.4) is 0 Å². The van der Waals surface area contributed by atoms with Crippen molar-refractivity contribution in [2.24, 2.45) is 0 Å². The Bertz CT molecular complexity index is 5280. The van der Waals surface area contributed by atoms with E-state index in [1.54, 1.807) is 0 Å². The molecule has 87 heavy (non-hydrogen) atoms. The summed E-state index contributed by atoms with van der Waals surface area (Å²) in [5, 5.41) is 7.18. The molecular formula is C82H61N5. The molecule has 0 radical (unpaired) electrons. The van der Waals surface area contributed by atoms with Gasteiger partial charge >= 0.3 is 0 Å². The first kappa shape index (κ1) is 51.0. The Morgan fingerprint density at radius 1 is 0.322 bits per heavy atom. The van der Waals surface area contributed by atoms with E-state index < -0.39 is 5.41 Å². The lowest BCUT2D eigenvalue weighted by Crippen LogP contribution is -2.25. The van der Waals surface area contributed by atoms with Gasteiger partial charge in [-0.2, -0.15) is 9.97 Å². The predicted molar refractivity (Wildman–Crippen MR) is 361 cm³/mol. The van der Waals surface area contributed by atoms with Gasteiger partial charge in [-0.15, -0.1) is 0 Å². The fraction of sp³-hybridized carbons (Fsp3) is 0.110. The van der Waals surface area contributed by atoms with Gasteiger partial charge in [0, 0.05) is 43.9 Å². The lowest BCUT2D eigenvalue weighted by atomic mass is 9.70. The number of rotatable bonds is 6. The molecule has 0 N–H and O–H groups in total. The molecule has 414 valence electrons. The van der Waals surface area contributed by atoms with Gasteiger partial charge in [0.05, 0.1) is 27.5 Å². The van der Waals surface area contributed by atoms with E-state index in [9.17, 15) is 0 Å². The smallest absolute Gasteiger partial charge is 0.238 e. The molecule has 2 aliphatic carbocycles. The van der Waals surface area contributed by atoms with Crippen LogP contribution in [0, 0.1) is 0 Å². The second-order valence-corrected chi connectivity index (χ2v) is 26.0. The molecule has 17 rings (SSSR count). The summed E-state index contributed by atoms with van der Waals surface area (Å²) in [6, 6.07) is 96.5. The minimum absolute atomic E-state index is 0.0393. The Kier molecular flexibility index (Phi) is 11.0. The van der Waals surface area contributed by atoms with Gasteiger partial charge in [0.2, 0.25) is 5.95 Å². The number of hydrogen-bond acceptors (Lipinski definition) is 3. The van der Waals surface area contributed by atoms with Gasteiger partial charge in [-0.1, -0.05) is 254 Å². The molecular weight excluding hydrogens is 1050 g/mol. The van der Waals surface area contributed by atoms with E-state index in [0.29, 0.717) is 17.6 Å². The van der Waals surface area contributed by atoms with Crippen molar-refractivity contribution < 1.29 is 0 Å². The van der Waals surface area contributed by atoms with Crippen LogP contribution in [-0.2, 0) is 16.2 Å². The standard InChI is InChI=1S/C82H61N5/c1-80(2,3)57-45-56(46-58(49-57)81(4,5)6)52-25-21-26-55(44-52)78-83-77(51-23-9-7-10-24-51)84-79(85-78)87-71-41-37-53(54-38-42-72-66(48-54)74-60-29-14-13-22-50(60)36-43-73(74)86(72)59-27-11-8-12-28-59)47-65(71)63-39-40-70-75(76(63)87)64-32-17-20-35-69(64)82(70)67-33-18-15-30-61(67)62-31-16-19-34-68(62)82/h7-49H,1-6H3. The van der Waals surface area contributed by atoms with Crippen LogP contribution >= 0.6 is 0 Å². The van der Waals surface area contributed by atoms with E-state index in [1.807, 2.05) is 0 Å². The maximum atomic E-state index is 5.70. The molecule has 0 aliphatic heterocycles. The van der Waals surface area contributed by atoms with Crippen LogP contribution in [0.5, 0.6) is 0 Å². The van der Waals surface area contributed by atoms with Crippen molar-refractivity contribution in [1.82, 2.24) is 24.1 Å². The molecule has 0 amide bonds. The van der Waals surface area contributed by atoms with Crippen molar-refractivity contribution in [1.29, 1.82) is 0 Å². The first-order chi connectivity index (χ1) is 42.4. The molecule has 0 saturated heterocycles. The third-order valence-corrected chi connectivity index (χ3v) is 18.9. The highest BCUT2D eigenvalue weighted by molar-refractivity contribution is 6.22. The highest BCUT2D eigenvalue weighted by Gasteiger charge is 2.52. The van der Waals surface area contributed by atoms with Crippen molar-refractivity contribution >= 4 is 54.4 Å². The van der Waals surface area contributed by atoms with Gasteiger partial charge in [0.25, 0.3) is 0 Å². The molecule has 3 heterocycles. The quantitative estimate of drug-likeness (QED) is 0.167. The molecule has 0 atom stereocenters. The highest BCUT2D eigenvalue weighted by Crippen LogP contribution is 2.64. The summed E-state index contributed by atoms with van der Waals surface area (Å²) in [6.07, 6.45) is 0. The van der Waals surface area contributed by atoms with Crippen molar-refractivity contribution in [3.05, 3.63) is 294 Å². The van der Waals surface area contributed by atoms with Gasteiger partial charge in [0.15, 0.2) is 11.6 Å². The third kappa shape index (κ3) is 7.61. The zero-order chi connectivity index (χ0) is 58.5. The molecule has 3 aromatic heterocycles. The van der Waals surface area contributed by atoms with Gasteiger partial charge in [-0.3, -0.25) is 4.57 Å². The molecule has 0 saturated carbocycles. The molecule has 15 aromatic rings. The lowest BCUT2D eigenvalue weighted by molar-refractivity contribution is 0.569. The third-order valence-electron chi connectivity index (χ3n) is 18.9. The van der Waals surface area contributed by atoms with Crippen molar-refractivity contribution in [2.75, 3.05) is 0 Å². The van der Waals surface area contributed by atoms with E-state index in [-0.39, 0.29) is 10.8 Å². The van der Waals surface area contributed by atoms with E-state index in [0.717, 1.165) is 55.3 Å². The van der Waals surface area contributed by atoms with Crippen molar-refractivity contribution in [3.8, 4) is 78.9 Å². The summed E-state index contributed by atoms with van der Waals surface area (Å²) in [4.78, 5) is 16.7. The van der Waals surface area contributed by atoms with Crippen molar-refractivity contribution in [2.45, 2.75) is 57.8 Å². The van der Waals surface area contributed by atoms with Crippen LogP contribution in [-0.4, -0.2) is 24.1 Å². The van der Waals surface area contributed by atoms with Crippen molar-refractivity contribution in [3.63, 3.8) is 0 Å². The summed E-state index contributed by atoms with van der Waals surface area (Å²) in [5.74, 6) is 1.77. The molecule has 0 fully saturated rings. The fourth-order valence-electron chi connectivity index (χ4n) is 14.7. The number of fused-ring (bicyclic) bond motifs is 19. The zero-order valence-corrected chi connectivity index (χ0v) is 49.6. The Labute approximate surface area is 506 Å². The second kappa shape index (κ2) is 18.8. The van der Waals surface area contributed by atoms with E-state index in [4.69, 9.17) is 15.0 Å². The lowest BCUT2D eigenvalue weighted by Gasteiger charge is -2.30. The second-order valence-electron chi connectivity index (χ2n) is 26.0. The normalized spacial score (nSPS) is 13.3. The van der Waals surface area contributed by atoms with Gasteiger partial charge in [-0.25, -0.2) is 4.98 Å². The number of benzene rings is 12. The Morgan fingerprint density at radius 2 is 0.851 bits per heavy atom. The molecule has 0 bridgehead atoms. The minimum atomic E-state index is -0.560. The Morgan fingerprint density at radius 3 is 1.53 bits per heavy atom. The summed E-state index contributed by atoms with van der Waals surface area (Å²) in [7, 11) is 0. The molecule has 5 nitrogen and oxygen atoms in total. The molecule has 5 heteroatoms. The molecule has 12 aromatic carbocycles. The van der Waals surface area contributed by atoms with Crippen LogP contribution < -0.4 is 0 Å². The maximum absolute atomic E-state index is 5.70. The van der Waals surface area contributed by atoms with E-state index >= 15 is 0 Å². The molecule has 0 unspecified atom stereocenters. The average molecular weight is 1120 g/mol. The monoisotopic (exact) mass is 1120 g/mol. The Balaban J connectivity index is 0.945. The highest BCUT2D eigenvalue weighted by atomic mass is 15.2. The van der Waals surface area contributed by atoms with E-state index in [1.165, 1.54) is 93.8 Å². The van der Waals surface area contributed by atoms with Crippen LogP contribution in [0.4, 0.5) is 0 Å². The van der Waals surface area contributed by atoms with Gasteiger partial charge in [0.1, 0.15) is 0 Å². The number of para-hydroxylation sites is 1. The SMILES string of the molecule is CC(C)(C)c1cc(-c2cccc(-c3nc(-c4ccccc4)nc(-n4c5ccc(-c6ccc7c(c6)c6c8ccccc8ccc6n7-c6ccccc6)cc5c5ccc6c(c54)-c4ccccc4C64c5ccccc5-c5ccccc54)n3)c2)cc(C(C)(C)C)c1. The number of hydrogen-bond donors (Lipinski definition) is 0. The van der Waals surface area contributed by atoms with Crippen LogP contribution in [0.15, 0.2) is 261 Å².